The number of rotatable bonds is 2. The summed E-state index contributed by atoms with van der Waals surface area (Å²) >= 11 is 6.25. The highest BCUT2D eigenvalue weighted by Gasteiger charge is 2.30. The van der Waals surface area contributed by atoms with E-state index in [2.05, 4.69) is 52.6 Å². The maximum atomic E-state index is 6.25. The van der Waals surface area contributed by atoms with Gasteiger partial charge >= 0.3 is 0 Å². The van der Waals surface area contributed by atoms with Crippen molar-refractivity contribution in [2.45, 2.75) is 19.9 Å². The molecule has 2 aliphatic heterocycles. The minimum absolute atomic E-state index is 0.410. The van der Waals surface area contributed by atoms with E-state index < -0.39 is 0 Å². The number of aryl methyl sites for hydroxylation is 1. The van der Waals surface area contributed by atoms with Crippen molar-refractivity contribution in [3.05, 3.63) is 70.0 Å². The normalized spacial score (nSPS) is 20.6. The third-order valence-corrected chi connectivity index (χ3v) is 4.40. The lowest BCUT2D eigenvalue weighted by atomic mass is 10.1. The number of amidine groups is 2. The van der Waals surface area contributed by atoms with Crippen molar-refractivity contribution in [3.63, 3.8) is 0 Å². The van der Waals surface area contributed by atoms with Gasteiger partial charge < -0.3 is 5.32 Å². The lowest BCUT2D eigenvalue weighted by Crippen LogP contribution is -2.50. The number of aliphatic imine (C=N–C) groups is 3. The van der Waals surface area contributed by atoms with Gasteiger partial charge in [0.2, 0.25) is 0 Å². The lowest BCUT2D eigenvalue weighted by molar-refractivity contribution is 0.717. The number of halogens is 1. The fourth-order valence-electron chi connectivity index (χ4n) is 2.97. The minimum atomic E-state index is 0.410. The molecular weight excluding hydrogens is 334 g/mol. The van der Waals surface area contributed by atoms with Crippen molar-refractivity contribution >= 4 is 29.6 Å². The van der Waals surface area contributed by atoms with Crippen LogP contribution in [0.15, 0.2) is 73.9 Å². The standard InChI is InChI=1S/C19H18ClN5/c1-13-4-2-5-14(8-13)10-22-18-19-23-11-21-12-25(19)17-9-15(20)6-3-7-16(17)24-18/h2,4-9,12H,3,10-11H2,1H3,(H,22,24). The molecule has 0 radical (unpaired) electrons. The summed E-state index contributed by atoms with van der Waals surface area (Å²) in [4.78, 5) is 15.5. The molecule has 3 aliphatic rings. The van der Waals surface area contributed by atoms with Crippen molar-refractivity contribution in [2.75, 3.05) is 6.67 Å². The van der Waals surface area contributed by atoms with Gasteiger partial charge in [-0.1, -0.05) is 53.6 Å². The summed E-state index contributed by atoms with van der Waals surface area (Å²) in [5, 5.41) is 4.13. The van der Waals surface area contributed by atoms with Crippen LogP contribution in [-0.4, -0.2) is 29.6 Å². The highest BCUT2D eigenvalue weighted by molar-refractivity contribution is 6.44. The Hall–Kier alpha value is -2.66. The quantitative estimate of drug-likeness (QED) is 0.886. The Balaban J connectivity index is 1.68. The first-order valence-corrected chi connectivity index (χ1v) is 8.57. The topological polar surface area (TPSA) is 52.4 Å². The second-order valence-corrected chi connectivity index (χ2v) is 6.48. The fraction of sp³-hybridized carbons (Fsp3) is 0.211. The van der Waals surface area contributed by atoms with E-state index in [1.807, 2.05) is 17.1 Å². The predicted octanol–water partition coefficient (Wildman–Crippen LogP) is 3.49. The summed E-state index contributed by atoms with van der Waals surface area (Å²) in [5.41, 5.74) is 4.32. The number of nitrogens with one attached hydrogen (secondary N) is 1. The molecule has 0 atom stereocenters. The highest BCUT2D eigenvalue weighted by Crippen LogP contribution is 2.26. The predicted molar refractivity (Wildman–Crippen MR) is 103 cm³/mol. The van der Waals surface area contributed by atoms with Crippen molar-refractivity contribution in [1.82, 2.24) is 10.2 Å². The molecule has 1 N–H and O–H groups in total. The van der Waals surface area contributed by atoms with Crippen LogP contribution < -0.4 is 5.32 Å². The molecule has 1 aromatic carbocycles. The van der Waals surface area contributed by atoms with Crippen LogP contribution in [0.4, 0.5) is 0 Å². The van der Waals surface area contributed by atoms with Crippen LogP contribution in [0.25, 0.3) is 0 Å². The van der Waals surface area contributed by atoms with Crippen LogP contribution in [0, 0.1) is 6.92 Å². The van der Waals surface area contributed by atoms with Crippen LogP contribution in [0.5, 0.6) is 0 Å². The number of hydrogen-bond acceptors (Lipinski definition) is 4. The number of allylic oxidation sites excluding steroid dienone is 4. The van der Waals surface area contributed by atoms with Gasteiger partial charge in [0.25, 0.3) is 0 Å². The first kappa shape index (κ1) is 15.8. The molecule has 0 unspecified atom stereocenters. The number of hydrogen-bond donors (Lipinski definition) is 1. The van der Waals surface area contributed by atoms with E-state index in [4.69, 9.17) is 16.6 Å². The lowest BCUT2D eigenvalue weighted by Gasteiger charge is -2.34. The number of nitrogens with zero attached hydrogens (tertiary/aromatic N) is 4. The maximum Gasteiger partial charge on any atom is 0.178 e. The third-order valence-electron chi connectivity index (χ3n) is 4.14. The summed E-state index contributed by atoms with van der Waals surface area (Å²) in [6, 6.07) is 8.37. The Labute approximate surface area is 151 Å². The van der Waals surface area contributed by atoms with Gasteiger partial charge in [0.05, 0.1) is 24.3 Å². The molecule has 1 aromatic rings. The molecule has 5 nitrogen and oxygen atoms in total. The second-order valence-electron chi connectivity index (χ2n) is 6.04. The Morgan fingerprint density at radius 3 is 3.12 bits per heavy atom. The summed E-state index contributed by atoms with van der Waals surface area (Å²) in [6.45, 7) is 3.09. The molecule has 25 heavy (non-hydrogen) atoms. The van der Waals surface area contributed by atoms with Crippen molar-refractivity contribution < 1.29 is 0 Å². The van der Waals surface area contributed by atoms with Crippen molar-refractivity contribution in [3.8, 4) is 0 Å². The summed E-state index contributed by atoms with van der Waals surface area (Å²) in [5.74, 6) is 1.53. The molecule has 1 fully saturated rings. The Bertz CT molecular complexity index is 889. The fourth-order valence-corrected chi connectivity index (χ4v) is 3.16. The van der Waals surface area contributed by atoms with Gasteiger partial charge in [-0.05, 0) is 25.0 Å². The van der Waals surface area contributed by atoms with Crippen LogP contribution in [0.1, 0.15) is 17.5 Å². The van der Waals surface area contributed by atoms with Gasteiger partial charge in [-0.3, -0.25) is 14.9 Å². The molecule has 0 aromatic heterocycles. The van der Waals surface area contributed by atoms with Crippen LogP contribution >= 0.6 is 11.6 Å². The first-order chi connectivity index (χ1) is 12.2. The third kappa shape index (κ3) is 3.28. The van der Waals surface area contributed by atoms with E-state index in [1.165, 1.54) is 11.1 Å². The van der Waals surface area contributed by atoms with Crippen molar-refractivity contribution in [1.29, 1.82) is 0 Å². The van der Waals surface area contributed by atoms with Gasteiger partial charge in [-0.15, -0.1) is 0 Å². The summed E-state index contributed by atoms with van der Waals surface area (Å²) in [6.07, 6.45) is 8.56. The molecule has 0 bridgehead atoms. The Kier molecular flexibility index (Phi) is 4.24. The SMILES string of the molecule is Cc1cccc(CN=C2NC3=CCC=C(Cl)C=C3N3C=NCN=C23)c1. The van der Waals surface area contributed by atoms with E-state index in [1.54, 1.807) is 6.34 Å². The number of fused-ring (bicyclic) bond motifs is 3. The molecule has 126 valence electrons. The van der Waals surface area contributed by atoms with E-state index in [0.29, 0.717) is 18.2 Å². The Morgan fingerprint density at radius 1 is 1.32 bits per heavy atom. The zero-order valence-corrected chi connectivity index (χ0v) is 14.7. The van der Waals surface area contributed by atoms with Gasteiger partial charge in [-0.25, -0.2) is 4.99 Å². The average Bonchev–Trinajstić information content (AvgIpc) is 2.81. The van der Waals surface area contributed by atoms with Gasteiger partial charge in [0.1, 0.15) is 6.67 Å². The Morgan fingerprint density at radius 2 is 2.24 bits per heavy atom. The van der Waals surface area contributed by atoms with E-state index >= 15 is 0 Å². The van der Waals surface area contributed by atoms with E-state index in [9.17, 15) is 0 Å². The molecule has 4 rings (SSSR count). The monoisotopic (exact) mass is 351 g/mol. The number of piperazine rings is 1. The van der Waals surface area contributed by atoms with Crippen LogP contribution in [0.2, 0.25) is 0 Å². The summed E-state index contributed by atoms with van der Waals surface area (Å²) < 4.78 is 0. The zero-order chi connectivity index (χ0) is 17.2. The van der Waals surface area contributed by atoms with Crippen LogP contribution in [-0.2, 0) is 6.54 Å². The smallest absolute Gasteiger partial charge is 0.178 e. The molecule has 0 saturated carbocycles. The molecule has 1 saturated heterocycles. The molecular formula is C19H18ClN5. The molecule has 6 heteroatoms. The van der Waals surface area contributed by atoms with E-state index in [-0.39, 0.29) is 0 Å². The van der Waals surface area contributed by atoms with Crippen LogP contribution in [0.3, 0.4) is 0 Å². The molecule has 0 amide bonds. The molecule has 0 spiro atoms. The van der Waals surface area contributed by atoms with E-state index in [0.717, 1.165) is 29.5 Å². The largest absolute Gasteiger partial charge is 0.336 e. The summed E-state index contributed by atoms with van der Waals surface area (Å²) in [7, 11) is 0. The molecule has 1 aliphatic carbocycles. The minimum Gasteiger partial charge on any atom is -0.336 e. The molecule has 2 heterocycles. The average molecular weight is 352 g/mol. The highest BCUT2D eigenvalue weighted by atomic mass is 35.5. The number of benzene rings is 1. The first-order valence-electron chi connectivity index (χ1n) is 8.19. The zero-order valence-electron chi connectivity index (χ0n) is 13.9. The maximum absolute atomic E-state index is 6.25. The van der Waals surface area contributed by atoms with Gasteiger partial charge in [0, 0.05) is 5.03 Å². The second kappa shape index (κ2) is 6.69. The van der Waals surface area contributed by atoms with Gasteiger partial charge in [0.15, 0.2) is 11.7 Å². The van der Waals surface area contributed by atoms with Crippen molar-refractivity contribution in [2.24, 2.45) is 15.0 Å². The van der Waals surface area contributed by atoms with Gasteiger partial charge in [-0.2, -0.15) is 0 Å².